The Bertz CT molecular complexity index is 1570. The minimum Gasteiger partial charge on any atom is -0.508 e. The van der Waals surface area contributed by atoms with Gasteiger partial charge < -0.3 is 25.0 Å². The first-order valence-corrected chi connectivity index (χ1v) is 13.4. The van der Waals surface area contributed by atoms with Crippen LogP contribution in [-0.4, -0.2) is 71.9 Å². The monoisotopic (exact) mass is 526 g/mol. The molecule has 0 unspecified atom stereocenters. The minimum atomic E-state index is -0.488. The molecule has 8 nitrogen and oxygen atoms in total. The van der Waals surface area contributed by atoms with E-state index in [4.69, 9.17) is 9.72 Å². The number of halogens is 1. The zero-order chi connectivity index (χ0) is 26.9. The van der Waals surface area contributed by atoms with E-state index in [0.29, 0.717) is 55.0 Å². The van der Waals surface area contributed by atoms with Crippen LogP contribution in [0.15, 0.2) is 48.5 Å². The first kappa shape index (κ1) is 25.3. The van der Waals surface area contributed by atoms with Crippen LogP contribution in [0.3, 0.4) is 0 Å². The smallest absolute Gasteiger partial charge is 0.319 e. The van der Waals surface area contributed by atoms with Crippen molar-refractivity contribution in [1.29, 1.82) is 5.26 Å². The van der Waals surface area contributed by atoms with Gasteiger partial charge in [0.15, 0.2) is 5.82 Å². The molecule has 0 radical (unpaired) electrons. The standard InChI is InChI=1S/C30H31FN6O2/c1-36-13-4-6-21(36)18-39-30-34-28-25(29(35-30)37-14-12-33-20(17-37)10-11-32)9-8-24(27(28)31)26-16-22(38)15-19-5-2-3-7-23(19)26/h2-3,5,7-9,15-16,20-21,33,38H,4,6,10,12-14,17-18H2,1H3/t20-,21-/m0/s1. The lowest BCUT2D eigenvalue weighted by Crippen LogP contribution is -2.51. The molecule has 9 heteroatoms. The fourth-order valence-electron chi connectivity index (χ4n) is 5.78. The van der Waals surface area contributed by atoms with Crippen molar-refractivity contribution in [2.75, 3.05) is 44.7 Å². The zero-order valence-electron chi connectivity index (χ0n) is 21.9. The van der Waals surface area contributed by atoms with Crippen molar-refractivity contribution in [2.24, 2.45) is 0 Å². The van der Waals surface area contributed by atoms with Crippen molar-refractivity contribution >= 4 is 27.5 Å². The number of rotatable bonds is 6. The third-order valence-corrected chi connectivity index (χ3v) is 7.87. The number of ether oxygens (including phenoxy) is 1. The van der Waals surface area contributed by atoms with Gasteiger partial charge in [-0.2, -0.15) is 15.2 Å². The third-order valence-electron chi connectivity index (χ3n) is 7.87. The summed E-state index contributed by atoms with van der Waals surface area (Å²) in [5, 5.41) is 25.2. The number of phenolic OH excluding ortho intramolecular Hbond substituents is 1. The molecule has 0 amide bonds. The number of aromatic hydroxyl groups is 1. The highest BCUT2D eigenvalue weighted by Crippen LogP contribution is 2.38. The average Bonchev–Trinajstić information content (AvgIpc) is 3.36. The molecular weight excluding hydrogens is 495 g/mol. The Morgan fingerprint density at radius 2 is 2.00 bits per heavy atom. The van der Waals surface area contributed by atoms with E-state index in [1.54, 1.807) is 18.2 Å². The number of aromatic nitrogens is 2. The molecule has 2 atom stereocenters. The lowest BCUT2D eigenvalue weighted by atomic mass is 9.96. The molecule has 2 saturated heterocycles. The molecular formula is C30H31FN6O2. The van der Waals surface area contributed by atoms with E-state index in [1.807, 2.05) is 30.3 Å². The van der Waals surface area contributed by atoms with Gasteiger partial charge in [0.25, 0.3) is 0 Å². The van der Waals surface area contributed by atoms with Gasteiger partial charge in [-0.3, -0.25) is 0 Å². The molecule has 3 heterocycles. The lowest BCUT2D eigenvalue weighted by Gasteiger charge is -2.34. The molecule has 1 aromatic heterocycles. The molecule has 2 N–H and O–H groups in total. The number of fused-ring (bicyclic) bond motifs is 2. The van der Waals surface area contributed by atoms with Gasteiger partial charge >= 0.3 is 6.01 Å². The molecule has 0 bridgehead atoms. The molecule has 3 aromatic carbocycles. The topological polar surface area (TPSA) is 97.5 Å². The van der Waals surface area contributed by atoms with Gasteiger partial charge in [0, 0.05) is 42.7 Å². The van der Waals surface area contributed by atoms with Gasteiger partial charge in [-0.15, -0.1) is 0 Å². The van der Waals surface area contributed by atoms with Crippen LogP contribution in [0.5, 0.6) is 11.8 Å². The molecule has 200 valence electrons. The summed E-state index contributed by atoms with van der Waals surface area (Å²) in [4.78, 5) is 13.7. The number of nitriles is 1. The van der Waals surface area contributed by atoms with Gasteiger partial charge in [-0.05, 0) is 61.0 Å². The molecule has 2 aliphatic heterocycles. The highest BCUT2D eigenvalue weighted by Gasteiger charge is 2.26. The van der Waals surface area contributed by atoms with E-state index in [2.05, 4.69) is 33.2 Å². The molecule has 0 aliphatic carbocycles. The van der Waals surface area contributed by atoms with Gasteiger partial charge in [0.05, 0.1) is 12.5 Å². The summed E-state index contributed by atoms with van der Waals surface area (Å²) in [7, 11) is 2.08. The highest BCUT2D eigenvalue weighted by molar-refractivity contribution is 6.01. The summed E-state index contributed by atoms with van der Waals surface area (Å²) in [6, 6.07) is 17.1. The second-order valence-electron chi connectivity index (χ2n) is 10.4. The van der Waals surface area contributed by atoms with Crippen LogP contribution < -0.4 is 15.0 Å². The van der Waals surface area contributed by atoms with Crippen LogP contribution in [0.2, 0.25) is 0 Å². The summed E-state index contributed by atoms with van der Waals surface area (Å²) >= 11 is 0. The maximum atomic E-state index is 16.4. The molecule has 2 fully saturated rings. The molecule has 39 heavy (non-hydrogen) atoms. The predicted molar refractivity (Wildman–Crippen MR) is 149 cm³/mol. The number of nitrogens with zero attached hydrogens (tertiary/aromatic N) is 5. The van der Waals surface area contributed by atoms with Crippen LogP contribution in [0.25, 0.3) is 32.8 Å². The number of nitrogens with one attached hydrogen (secondary N) is 1. The Morgan fingerprint density at radius 3 is 2.82 bits per heavy atom. The van der Waals surface area contributed by atoms with E-state index in [-0.39, 0.29) is 29.4 Å². The quantitative estimate of drug-likeness (QED) is 0.380. The predicted octanol–water partition coefficient (Wildman–Crippen LogP) is 4.46. The fourth-order valence-corrected chi connectivity index (χ4v) is 5.78. The van der Waals surface area contributed by atoms with Gasteiger partial charge in [0.2, 0.25) is 0 Å². The Labute approximate surface area is 226 Å². The Kier molecular flexibility index (Phi) is 6.90. The van der Waals surface area contributed by atoms with Gasteiger partial charge in [0.1, 0.15) is 23.7 Å². The van der Waals surface area contributed by atoms with Crippen LogP contribution in [0.1, 0.15) is 19.3 Å². The van der Waals surface area contributed by atoms with Crippen molar-refractivity contribution in [3.63, 3.8) is 0 Å². The van der Waals surface area contributed by atoms with Crippen LogP contribution in [0.4, 0.5) is 10.2 Å². The first-order valence-electron chi connectivity index (χ1n) is 13.4. The van der Waals surface area contributed by atoms with Crippen molar-refractivity contribution in [1.82, 2.24) is 20.2 Å². The normalized spacial score (nSPS) is 20.0. The van der Waals surface area contributed by atoms with Crippen molar-refractivity contribution in [2.45, 2.75) is 31.3 Å². The maximum Gasteiger partial charge on any atom is 0.319 e. The average molecular weight is 527 g/mol. The Hall–Kier alpha value is -4.00. The number of piperazine rings is 1. The van der Waals surface area contributed by atoms with E-state index < -0.39 is 5.82 Å². The highest BCUT2D eigenvalue weighted by atomic mass is 19.1. The number of hydrogen-bond donors (Lipinski definition) is 2. The summed E-state index contributed by atoms with van der Waals surface area (Å²) in [6.45, 7) is 3.38. The third kappa shape index (κ3) is 4.93. The number of anilines is 1. The van der Waals surface area contributed by atoms with E-state index >= 15 is 4.39 Å². The Balaban J connectivity index is 1.47. The summed E-state index contributed by atoms with van der Waals surface area (Å²) in [5.41, 5.74) is 1.12. The molecule has 6 rings (SSSR count). The van der Waals surface area contributed by atoms with Gasteiger partial charge in [-0.25, -0.2) is 4.39 Å². The first-order chi connectivity index (χ1) is 19.0. The van der Waals surface area contributed by atoms with Crippen molar-refractivity contribution in [3.8, 4) is 29.0 Å². The second kappa shape index (κ2) is 10.6. The molecule has 0 spiro atoms. The van der Waals surface area contributed by atoms with Crippen LogP contribution in [0, 0.1) is 17.1 Å². The van der Waals surface area contributed by atoms with E-state index in [0.717, 1.165) is 30.2 Å². The maximum absolute atomic E-state index is 16.4. The molecule has 4 aromatic rings. The summed E-state index contributed by atoms with van der Waals surface area (Å²) in [6.07, 6.45) is 2.53. The van der Waals surface area contributed by atoms with E-state index in [9.17, 15) is 10.4 Å². The number of likely N-dealkylation sites (N-methyl/N-ethyl adjacent to an activating group) is 1. The zero-order valence-corrected chi connectivity index (χ0v) is 21.9. The lowest BCUT2D eigenvalue weighted by molar-refractivity contribution is 0.188. The fraction of sp³-hybridized carbons (Fsp3) is 0.367. The SMILES string of the molecule is CN1CCC[C@H]1COc1nc(N2CCN[C@@H](CC#N)C2)c2ccc(-c3cc(O)cc4ccccc34)c(F)c2n1. The van der Waals surface area contributed by atoms with Crippen molar-refractivity contribution < 1.29 is 14.2 Å². The number of phenols is 1. The van der Waals surface area contributed by atoms with Crippen molar-refractivity contribution in [3.05, 3.63) is 54.3 Å². The summed E-state index contributed by atoms with van der Waals surface area (Å²) < 4.78 is 22.5. The number of benzene rings is 3. The molecule has 0 saturated carbocycles. The van der Waals surface area contributed by atoms with Gasteiger partial charge in [-0.1, -0.05) is 30.3 Å². The number of likely N-dealkylation sites (tertiary alicyclic amines) is 1. The van der Waals surface area contributed by atoms with E-state index in [1.165, 1.54) is 0 Å². The second-order valence-corrected chi connectivity index (χ2v) is 10.4. The van der Waals surface area contributed by atoms with Crippen LogP contribution >= 0.6 is 0 Å². The Morgan fingerprint density at radius 1 is 1.13 bits per heavy atom. The van der Waals surface area contributed by atoms with Crippen LogP contribution in [-0.2, 0) is 0 Å². The summed E-state index contributed by atoms with van der Waals surface area (Å²) in [5.74, 6) is 0.185. The molecule has 2 aliphatic rings. The largest absolute Gasteiger partial charge is 0.508 e. The minimum absolute atomic E-state index is 0.00643. The number of hydrogen-bond acceptors (Lipinski definition) is 8.